The van der Waals surface area contributed by atoms with Gasteiger partial charge in [0.05, 0.1) is 19.1 Å². The molecule has 0 spiro atoms. The molecule has 0 bridgehead atoms. The molecule has 0 aromatic heterocycles. The molecule has 2 aliphatic rings. The van der Waals surface area contributed by atoms with Crippen molar-refractivity contribution in [1.82, 2.24) is 5.32 Å². The maximum Gasteiger partial charge on any atom is 0.338 e. The van der Waals surface area contributed by atoms with Gasteiger partial charge in [0.1, 0.15) is 13.2 Å². The number of para-hydroxylation sites is 5. The van der Waals surface area contributed by atoms with Crippen LogP contribution in [-0.4, -0.2) is 56.4 Å². The number of anilines is 5. The van der Waals surface area contributed by atoms with Crippen molar-refractivity contribution in [3.8, 4) is 0 Å². The highest BCUT2D eigenvalue weighted by Crippen LogP contribution is 2.66. The molecule has 2 heterocycles. The van der Waals surface area contributed by atoms with Gasteiger partial charge < -0.3 is 43.3 Å². The lowest BCUT2D eigenvalue weighted by atomic mass is 10.2. The van der Waals surface area contributed by atoms with Crippen molar-refractivity contribution < 1.29 is 28.2 Å². The molecular formula is C59H60N6O6P2S. The molecule has 7 aromatic rings. The highest BCUT2D eigenvalue weighted by atomic mass is 32.1. The number of nitrogens with one attached hydrogen (secondary N) is 2. The van der Waals surface area contributed by atoms with E-state index in [1.807, 2.05) is 173 Å². The van der Waals surface area contributed by atoms with E-state index in [-0.39, 0.29) is 19.6 Å². The minimum atomic E-state index is -3.30. The van der Waals surface area contributed by atoms with Gasteiger partial charge in [0, 0.05) is 66.5 Å². The Labute approximate surface area is 441 Å². The van der Waals surface area contributed by atoms with Gasteiger partial charge in [0.15, 0.2) is 5.11 Å². The van der Waals surface area contributed by atoms with Crippen LogP contribution in [0.15, 0.2) is 243 Å². The minimum absolute atomic E-state index is 0.100. The van der Waals surface area contributed by atoms with Gasteiger partial charge in [-0.25, -0.2) is 4.79 Å². The van der Waals surface area contributed by atoms with Gasteiger partial charge in [0.2, 0.25) is 8.45 Å². The molecule has 0 saturated carbocycles. The number of nitrogens with zero attached hydrogens (tertiary/aromatic N) is 4. The lowest BCUT2D eigenvalue weighted by molar-refractivity contribution is -0.144. The fraction of sp³-hybridized carbons (Fsp3) is 0.153. The zero-order chi connectivity index (χ0) is 51.8. The number of carbonyl (C=O) groups excluding carboxylic acids is 2. The largest absolute Gasteiger partial charge is 0.461 e. The predicted octanol–water partition coefficient (Wildman–Crippen LogP) is 13.2. The van der Waals surface area contributed by atoms with Crippen molar-refractivity contribution in [3.05, 3.63) is 254 Å². The smallest absolute Gasteiger partial charge is 0.338 e. The quantitative estimate of drug-likeness (QED) is 0.0225. The minimum Gasteiger partial charge on any atom is -0.461 e. The Morgan fingerprint density at radius 1 is 0.595 bits per heavy atom. The number of ether oxygens (including phenoxy) is 2. The second kappa shape index (κ2) is 28.5. The van der Waals surface area contributed by atoms with Gasteiger partial charge in [-0.05, 0) is 84.0 Å². The number of esters is 2. The van der Waals surface area contributed by atoms with Crippen LogP contribution < -0.4 is 29.3 Å². The van der Waals surface area contributed by atoms with Crippen molar-refractivity contribution in [2.45, 2.75) is 19.6 Å². The van der Waals surface area contributed by atoms with E-state index in [0.29, 0.717) is 36.7 Å². The molecule has 0 aliphatic carbocycles. The Morgan fingerprint density at radius 3 is 1.45 bits per heavy atom. The summed E-state index contributed by atoms with van der Waals surface area (Å²) >= 11 is 5.39. The van der Waals surface area contributed by atoms with E-state index >= 15 is 0 Å². The van der Waals surface area contributed by atoms with E-state index in [4.69, 9.17) is 26.2 Å². The molecule has 0 radical (unpaired) electrons. The van der Waals surface area contributed by atoms with Gasteiger partial charge in [-0.2, -0.15) is 0 Å². The first-order valence-corrected chi connectivity index (χ1v) is 27.3. The summed E-state index contributed by atoms with van der Waals surface area (Å²) in [4.78, 5) is 23.4. The number of thiocarbonyl (C=S) groups is 1. The highest BCUT2D eigenvalue weighted by Gasteiger charge is 2.46. The lowest BCUT2D eigenvalue weighted by Gasteiger charge is -2.33. The molecule has 378 valence electrons. The maximum absolute atomic E-state index is 14.5. The first-order valence-electron chi connectivity index (χ1n) is 24.1. The number of benzene rings is 7. The first-order chi connectivity index (χ1) is 36.2. The van der Waals surface area contributed by atoms with Crippen molar-refractivity contribution in [1.29, 1.82) is 0 Å². The van der Waals surface area contributed by atoms with Gasteiger partial charge in [0.25, 0.3) is 7.44 Å². The van der Waals surface area contributed by atoms with Gasteiger partial charge in [-0.3, -0.25) is 9.36 Å². The third-order valence-corrected chi connectivity index (χ3v) is 16.9. The van der Waals surface area contributed by atoms with E-state index < -0.39 is 27.8 Å². The van der Waals surface area contributed by atoms with Crippen LogP contribution in [0, 0.1) is 0 Å². The summed E-state index contributed by atoms with van der Waals surface area (Å²) in [5.74, 6) is -0.851. The Balaban J connectivity index is 0.000000175. The van der Waals surface area contributed by atoms with Crippen molar-refractivity contribution in [2.24, 2.45) is 0 Å². The molecule has 74 heavy (non-hydrogen) atoms. The summed E-state index contributed by atoms with van der Waals surface area (Å²) in [5, 5.41) is 7.39. The van der Waals surface area contributed by atoms with Crippen LogP contribution in [0.1, 0.15) is 17.5 Å². The average molecular weight is 1040 g/mol. The molecule has 0 atom stereocenters. The molecule has 0 amide bonds. The second-order valence-electron chi connectivity index (χ2n) is 16.5. The average Bonchev–Trinajstić information content (AvgIpc) is 4.05. The summed E-state index contributed by atoms with van der Waals surface area (Å²) in [7, 11) is -4.24. The zero-order valence-corrected chi connectivity index (χ0v) is 43.7. The molecule has 2 saturated heterocycles. The van der Waals surface area contributed by atoms with E-state index in [9.17, 15) is 14.2 Å². The molecule has 7 aromatic carbocycles. The molecule has 15 heteroatoms. The van der Waals surface area contributed by atoms with Gasteiger partial charge >= 0.3 is 11.9 Å². The van der Waals surface area contributed by atoms with Gasteiger partial charge in [-0.1, -0.05) is 165 Å². The standard InChI is InChI=1S/C25H25N2O3P.C23H25N4OPS.C11H10O2/c1-21(19-25(28)30-20-22-11-5-2-6-12-22)31(29)26(23-13-7-3-8-14-23)17-18-27(31)24-15-9-4-10-16-24;30-23(25-20-10-4-1-5-11-20)24-16-19-28-29-26(21-12-6-2-7-13-21)17-18-27(29)22-14-8-3-9-15-22;1-2-6-11(12)13-9-10-7-4-3-5-8-10/h2-16H,1,17-20H2;1-15H,16-19H2,(H2,24,25,30);3-8H,1,9H2. The number of hydrogen-bond donors (Lipinski definition) is 2. The van der Waals surface area contributed by atoms with Crippen LogP contribution in [-0.2, 0) is 41.4 Å². The number of carbonyl (C=O) groups is 2. The highest BCUT2D eigenvalue weighted by molar-refractivity contribution is 7.80. The van der Waals surface area contributed by atoms with Crippen LogP contribution in [0.3, 0.4) is 0 Å². The topological polar surface area (TPSA) is 116 Å². The van der Waals surface area contributed by atoms with E-state index in [1.54, 1.807) is 0 Å². The molecule has 0 unspecified atom stereocenters. The van der Waals surface area contributed by atoms with E-state index in [2.05, 4.69) is 87.4 Å². The fourth-order valence-corrected chi connectivity index (χ4v) is 13.0. The molecule has 9 rings (SSSR count). The molecule has 2 N–H and O–H groups in total. The zero-order valence-electron chi connectivity index (χ0n) is 41.1. The Hall–Kier alpha value is -7.75. The summed E-state index contributed by atoms with van der Waals surface area (Å²) in [6.07, 6.45) is 1.07. The normalized spacial score (nSPS) is 13.5. The van der Waals surface area contributed by atoms with Crippen LogP contribution in [0.5, 0.6) is 0 Å². The van der Waals surface area contributed by atoms with Crippen LogP contribution >= 0.6 is 28.1 Å². The Morgan fingerprint density at radius 2 is 1.00 bits per heavy atom. The predicted molar refractivity (Wildman–Crippen MR) is 306 cm³/mol. The van der Waals surface area contributed by atoms with Crippen molar-refractivity contribution in [2.75, 3.05) is 63.3 Å². The fourth-order valence-electron chi connectivity index (χ4n) is 7.89. The third kappa shape index (κ3) is 15.6. The first kappa shape index (κ1) is 54.0. The van der Waals surface area contributed by atoms with Crippen LogP contribution in [0.2, 0.25) is 0 Å². The third-order valence-electron chi connectivity index (χ3n) is 11.4. The summed E-state index contributed by atoms with van der Waals surface area (Å²) in [5.41, 5.74) is 9.28. The monoisotopic (exact) mass is 1040 g/mol. The molecule has 2 fully saturated rings. The SMILES string of the molecule is C=C(CC(=O)OCc1ccccc1)P1(=O)N(c2ccccc2)CCN1c1ccccc1.C=C=CC(=O)OCc1ccccc1.S=C(NCCOP1N(c2ccccc2)CCN1c1ccccc1)Nc1ccccc1. The van der Waals surface area contributed by atoms with Crippen molar-refractivity contribution >= 4 is 73.6 Å². The van der Waals surface area contributed by atoms with Crippen LogP contribution in [0.4, 0.5) is 28.4 Å². The van der Waals surface area contributed by atoms with E-state index in [1.165, 1.54) is 17.5 Å². The van der Waals surface area contributed by atoms with Gasteiger partial charge in [-0.15, -0.1) is 5.73 Å². The molecular weight excluding hydrogens is 983 g/mol. The molecule has 12 nitrogen and oxygen atoms in total. The van der Waals surface area contributed by atoms with Crippen molar-refractivity contribution in [3.63, 3.8) is 0 Å². The van der Waals surface area contributed by atoms with E-state index in [0.717, 1.165) is 41.3 Å². The Bertz CT molecular complexity index is 2850. The van der Waals surface area contributed by atoms with Crippen LogP contribution in [0.25, 0.3) is 0 Å². The lowest BCUT2D eigenvalue weighted by Crippen LogP contribution is -2.31. The summed E-state index contributed by atoms with van der Waals surface area (Å²) < 4.78 is 39.7. The second-order valence-corrected chi connectivity index (χ2v) is 21.4. The summed E-state index contributed by atoms with van der Waals surface area (Å²) in [6, 6.07) is 69.1. The summed E-state index contributed by atoms with van der Waals surface area (Å²) in [6.45, 7) is 12.1. The number of hydrogen-bond acceptors (Lipinski definition) is 9. The maximum atomic E-state index is 14.5. The molecule has 2 aliphatic heterocycles. The number of rotatable bonds is 17. The Kier molecular flexibility index (Phi) is 20.8.